The average Bonchev–Trinajstić information content (AvgIpc) is 3.41. The third-order valence-corrected chi connectivity index (χ3v) is 9.48. The number of anilines is 1. The monoisotopic (exact) mass is 627 g/mol. The summed E-state index contributed by atoms with van der Waals surface area (Å²) >= 11 is 0. The zero-order valence-electron chi connectivity index (χ0n) is 26.0. The summed E-state index contributed by atoms with van der Waals surface area (Å²) in [6.07, 6.45) is 0. The van der Waals surface area contributed by atoms with E-state index >= 15 is 8.78 Å². The van der Waals surface area contributed by atoms with E-state index in [1.807, 2.05) is 158 Å². The molecule has 1 atom stereocenters. The van der Waals surface area contributed by atoms with Gasteiger partial charge in [0.15, 0.2) is 17.4 Å². The first-order valence-electron chi connectivity index (χ1n) is 16.1. The van der Waals surface area contributed by atoms with Crippen LogP contribution in [0.25, 0.3) is 10.8 Å². The molecular formula is C44H31F2NO. The third kappa shape index (κ3) is 5.07. The SMILES string of the molecule is O=C1c2cccc3cccc(c23)C1Nc1c(C(c2ccccc2)c2ccccc2)cc(F)c(F)c1C(c1ccccc1)c1ccccc1. The number of carbonyl (C=O) groups excluding carboxylic acids is 1. The van der Waals surface area contributed by atoms with Gasteiger partial charge in [0.2, 0.25) is 0 Å². The first kappa shape index (κ1) is 29.5. The van der Waals surface area contributed by atoms with Crippen LogP contribution in [0.3, 0.4) is 0 Å². The fourth-order valence-corrected chi connectivity index (χ4v) is 7.39. The van der Waals surface area contributed by atoms with Gasteiger partial charge in [-0.05, 0) is 50.2 Å². The molecule has 0 aliphatic heterocycles. The van der Waals surface area contributed by atoms with E-state index in [1.54, 1.807) is 0 Å². The molecule has 48 heavy (non-hydrogen) atoms. The maximum absolute atomic E-state index is 16.9. The lowest BCUT2D eigenvalue weighted by molar-refractivity contribution is 0.0977. The quantitative estimate of drug-likeness (QED) is 0.170. The number of nitrogens with one attached hydrogen (secondary N) is 1. The van der Waals surface area contributed by atoms with E-state index in [4.69, 9.17) is 0 Å². The Morgan fingerprint density at radius 3 is 1.54 bits per heavy atom. The van der Waals surface area contributed by atoms with E-state index in [1.165, 1.54) is 6.07 Å². The Morgan fingerprint density at radius 2 is 1.02 bits per heavy atom. The topological polar surface area (TPSA) is 29.1 Å². The van der Waals surface area contributed by atoms with Crippen molar-refractivity contribution in [2.24, 2.45) is 0 Å². The minimum Gasteiger partial charge on any atom is -0.371 e. The van der Waals surface area contributed by atoms with Gasteiger partial charge in [0.25, 0.3) is 0 Å². The summed E-state index contributed by atoms with van der Waals surface area (Å²) < 4.78 is 33.2. The molecule has 7 aromatic carbocycles. The van der Waals surface area contributed by atoms with Crippen molar-refractivity contribution in [1.82, 2.24) is 0 Å². The van der Waals surface area contributed by atoms with Gasteiger partial charge in [-0.1, -0.05) is 158 Å². The highest BCUT2D eigenvalue weighted by Crippen LogP contribution is 2.48. The summed E-state index contributed by atoms with van der Waals surface area (Å²) in [4.78, 5) is 14.2. The van der Waals surface area contributed by atoms with Crippen molar-refractivity contribution in [3.05, 3.63) is 220 Å². The lowest BCUT2D eigenvalue weighted by Crippen LogP contribution is -2.22. The number of rotatable bonds is 8. The average molecular weight is 628 g/mol. The number of hydrogen-bond acceptors (Lipinski definition) is 2. The van der Waals surface area contributed by atoms with Gasteiger partial charge in [0.05, 0.1) is 0 Å². The van der Waals surface area contributed by atoms with Crippen molar-refractivity contribution in [3.63, 3.8) is 0 Å². The van der Waals surface area contributed by atoms with Crippen LogP contribution in [0.5, 0.6) is 0 Å². The van der Waals surface area contributed by atoms with E-state index in [9.17, 15) is 4.79 Å². The maximum atomic E-state index is 16.9. The highest BCUT2D eigenvalue weighted by atomic mass is 19.2. The second-order valence-corrected chi connectivity index (χ2v) is 12.3. The van der Waals surface area contributed by atoms with Gasteiger partial charge in [-0.2, -0.15) is 0 Å². The number of ketones is 1. The highest BCUT2D eigenvalue weighted by molar-refractivity contribution is 6.18. The molecule has 0 bridgehead atoms. The molecule has 2 nitrogen and oxygen atoms in total. The predicted molar refractivity (Wildman–Crippen MR) is 189 cm³/mol. The highest BCUT2D eigenvalue weighted by Gasteiger charge is 2.37. The van der Waals surface area contributed by atoms with E-state index in [-0.39, 0.29) is 11.3 Å². The molecular weight excluding hydrogens is 596 g/mol. The van der Waals surface area contributed by atoms with Crippen LogP contribution in [-0.4, -0.2) is 5.78 Å². The third-order valence-electron chi connectivity index (χ3n) is 9.48. The molecule has 1 unspecified atom stereocenters. The Balaban J connectivity index is 1.44. The Labute approximate surface area is 278 Å². The molecule has 1 aliphatic carbocycles. The van der Waals surface area contributed by atoms with Crippen LogP contribution < -0.4 is 5.32 Å². The minimum atomic E-state index is -0.944. The van der Waals surface area contributed by atoms with Crippen LogP contribution in [0, 0.1) is 11.6 Å². The van der Waals surface area contributed by atoms with Crippen molar-refractivity contribution in [1.29, 1.82) is 0 Å². The van der Waals surface area contributed by atoms with Crippen molar-refractivity contribution < 1.29 is 13.6 Å². The number of hydrogen-bond donors (Lipinski definition) is 1. The molecule has 0 saturated heterocycles. The van der Waals surface area contributed by atoms with Crippen LogP contribution in [0.1, 0.15) is 67.2 Å². The van der Waals surface area contributed by atoms with Crippen LogP contribution in [-0.2, 0) is 0 Å². The normalized spacial score (nSPS) is 13.8. The number of carbonyl (C=O) groups is 1. The summed E-state index contributed by atoms with van der Waals surface area (Å²) in [7, 11) is 0. The number of halogens is 2. The van der Waals surface area contributed by atoms with Gasteiger partial charge in [0.1, 0.15) is 6.04 Å². The molecule has 4 heteroatoms. The second kappa shape index (κ2) is 12.4. The van der Waals surface area contributed by atoms with E-state index in [2.05, 4.69) is 5.32 Å². The zero-order valence-corrected chi connectivity index (χ0v) is 26.0. The molecule has 0 radical (unpaired) electrons. The fourth-order valence-electron chi connectivity index (χ4n) is 7.39. The fraction of sp³-hybridized carbons (Fsp3) is 0.0682. The molecule has 0 aromatic heterocycles. The molecule has 0 spiro atoms. The van der Waals surface area contributed by atoms with E-state index in [0.717, 1.165) is 38.6 Å². The minimum absolute atomic E-state index is 0.102. The summed E-state index contributed by atoms with van der Waals surface area (Å²) in [6, 6.07) is 51.0. The molecule has 7 aromatic rings. The van der Waals surface area contributed by atoms with Crippen molar-refractivity contribution >= 4 is 22.2 Å². The molecule has 232 valence electrons. The molecule has 1 N–H and O–H groups in total. The summed E-state index contributed by atoms with van der Waals surface area (Å²) in [5, 5.41) is 5.44. The summed E-state index contributed by atoms with van der Waals surface area (Å²) in [6.45, 7) is 0. The van der Waals surface area contributed by atoms with Gasteiger partial charge in [-0.25, -0.2) is 8.78 Å². The van der Waals surface area contributed by atoms with Crippen LogP contribution in [0.15, 0.2) is 164 Å². The Bertz CT molecular complexity index is 2170. The first-order chi connectivity index (χ1) is 23.6. The lowest BCUT2D eigenvalue weighted by atomic mass is 9.78. The summed E-state index contributed by atoms with van der Waals surface area (Å²) in [5.41, 5.74) is 6.02. The van der Waals surface area contributed by atoms with E-state index < -0.39 is 29.5 Å². The predicted octanol–water partition coefficient (Wildman–Crippen LogP) is 10.8. The van der Waals surface area contributed by atoms with Crippen LogP contribution >= 0.6 is 0 Å². The Hall–Kier alpha value is -5.87. The molecule has 0 saturated carbocycles. The van der Waals surface area contributed by atoms with Crippen molar-refractivity contribution in [3.8, 4) is 0 Å². The van der Waals surface area contributed by atoms with Gasteiger partial charge in [0, 0.05) is 28.7 Å². The van der Waals surface area contributed by atoms with Crippen molar-refractivity contribution in [2.45, 2.75) is 17.9 Å². The zero-order chi connectivity index (χ0) is 32.6. The standard InChI is InChI=1S/C44H31F2NO/c45-36-27-35(37(28-15-5-1-6-16-28)29-17-7-2-8-18-29)42(47-43-33-25-13-23-32-24-14-26-34(39(32)33)44(43)48)40(41(36)46)38(30-19-9-3-10-20-30)31-21-11-4-12-22-31/h1-27,37-38,43,47H. The first-order valence-corrected chi connectivity index (χ1v) is 16.1. The Morgan fingerprint density at radius 1 is 0.542 bits per heavy atom. The molecule has 0 amide bonds. The Kier molecular flexibility index (Phi) is 7.62. The van der Waals surface area contributed by atoms with E-state index in [0.29, 0.717) is 16.8 Å². The molecule has 0 heterocycles. The van der Waals surface area contributed by atoms with Gasteiger partial charge < -0.3 is 5.32 Å². The van der Waals surface area contributed by atoms with Gasteiger partial charge in [-0.15, -0.1) is 0 Å². The van der Waals surface area contributed by atoms with Crippen molar-refractivity contribution in [2.75, 3.05) is 5.32 Å². The summed E-state index contributed by atoms with van der Waals surface area (Å²) in [5.74, 6) is -3.13. The smallest absolute Gasteiger partial charge is 0.190 e. The molecule has 8 rings (SSSR count). The second-order valence-electron chi connectivity index (χ2n) is 12.3. The molecule has 0 fully saturated rings. The van der Waals surface area contributed by atoms with Gasteiger partial charge in [-0.3, -0.25) is 4.79 Å². The number of Topliss-reactive ketones (excluding diaryl/α,β-unsaturated/α-hetero) is 1. The van der Waals surface area contributed by atoms with Gasteiger partial charge >= 0.3 is 0 Å². The largest absolute Gasteiger partial charge is 0.371 e. The molecule has 1 aliphatic rings. The number of benzene rings is 7. The maximum Gasteiger partial charge on any atom is 0.190 e. The van der Waals surface area contributed by atoms with Crippen LogP contribution in [0.2, 0.25) is 0 Å². The van der Waals surface area contributed by atoms with Crippen LogP contribution in [0.4, 0.5) is 14.5 Å². The lowest BCUT2D eigenvalue weighted by Gasteiger charge is -2.30.